The molecule has 0 radical (unpaired) electrons. The van der Waals surface area contributed by atoms with Crippen molar-refractivity contribution in [3.8, 4) is 0 Å². The molecular weight excluding hydrogens is 366 g/mol. The molecule has 58 valence electrons. The minimum absolute atomic E-state index is 0.132. The SMILES string of the molecule is CC(=O)c1cccc(I)c1I. The molecule has 0 aliphatic carbocycles. The van der Waals surface area contributed by atoms with Crippen LogP contribution in [0.4, 0.5) is 0 Å². The highest BCUT2D eigenvalue weighted by molar-refractivity contribution is 14.1. The third kappa shape index (κ3) is 2.14. The standard InChI is InChI=1S/C8H6I2O/c1-5(11)6-3-2-4-7(9)8(6)10/h2-4H,1H3. The van der Waals surface area contributed by atoms with Crippen LogP contribution in [0.25, 0.3) is 0 Å². The van der Waals surface area contributed by atoms with Crippen LogP contribution in [0.3, 0.4) is 0 Å². The summed E-state index contributed by atoms with van der Waals surface area (Å²) in [6, 6.07) is 5.75. The van der Waals surface area contributed by atoms with E-state index >= 15 is 0 Å². The van der Waals surface area contributed by atoms with Crippen LogP contribution in [0, 0.1) is 7.14 Å². The average molecular weight is 372 g/mol. The number of ketones is 1. The lowest BCUT2D eigenvalue weighted by Gasteiger charge is -2.00. The lowest BCUT2D eigenvalue weighted by molar-refractivity contribution is 0.101. The zero-order valence-electron chi connectivity index (χ0n) is 5.90. The predicted molar refractivity (Wildman–Crippen MR) is 61.9 cm³/mol. The summed E-state index contributed by atoms with van der Waals surface area (Å²) in [6.07, 6.45) is 0. The monoisotopic (exact) mass is 372 g/mol. The Labute approximate surface area is 92.8 Å². The molecule has 0 aliphatic heterocycles. The second-order valence-corrected chi connectivity index (χ2v) is 4.40. The van der Waals surface area contributed by atoms with Crippen LogP contribution in [-0.2, 0) is 0 Å². The first-order chi connectivity index (χ1) is 5.13. The van der Waals surface area contributed by atoms with Crippen molar-refractivity contribution >= 4 is 51.0 Å². The number of benzene rings is 1. The molecule has 11 heavy (non-hydrogen) atoms. The molecule has 0 heterocycles. The minimum atomic E-state index is 0.132. The summed E-state index contributed by atoms with van der Waals surface area (Å²) in [5.74, 6) is 0.132. The van der Waals surface area contributed by atoms with Crippen molar-refractivity contribution in [2.75, 3.05) is 0 Å². The fraction of sp³-hybridized carbons (Fsp3) is 0.125. The second kappa shape index (κ2) is 3.84. The Morgan fingerprint density at radius 1 is 1.36 bits per heavy atom. The Hall–Kier alpha value is 0.350. The first-order valence-corrected chi connectivity index (χ1v) is 5.23. The lowest BCUT2D eigenvalue weighted by Crippen LogP contribution is -1.96. The molecule has 0 atom stereocenters. The summed E-state index contributed by atoms with van der Waals surface area (Å²) >= 11 is 4.42. The normalized spacial score (nSPS) is 9.73. The summed E-state index contributed by atoms with van der Waals surface area (Å²) in [5, 5.41) is 0. The number of carbonyl (C=O) groups is 1. The Bertz CT molecular complexity index is 294. The first-order valence-electron chi connectivity index (χ1n) is 3.08. The van der Waals surface area contributed by atoms with Crippen LogP contribution in [-0.4, -0.2) is 5.78 Å². The molecule has 1 rings (SSSR count). The van der Waals surface area contributed by atoms with Gasteiger partial charge < -0.3 is 0 Å². The zero-order valence-corrected chi connectivity index (χ0v) is 10.2. The van der Waals surface area contributed by atoms with Crippen LogP contribution in [0.15, 0.2) is 18.2 Å². The van der Waals surface area contributed by atoms with Gasteiger partial charge in [0, 0.05) is 12.7 Å². The number of hydrogen-bond acceptors (Lipinski definition) is 1. The molecule has 0 saturated heterocycles. The highest BCUT2D eigenvalue weighted by Gasteiger charge is 2.05. The molecule has 1 aromatic rings. The van der Waals surface area contributed by atoms with Gasteiger partial charge in [-0.25, -0.2) is 0 Å². The summed E-state index contributed by atoms with van der Waals surface area (Å²) in [7, 11) is 0. The Kier molecular flexibility index (Phi) is 3.29. The van der Waals surface area contributed by atoms with Crippen LogP contribution >= 0.6 is 45.2 Å². The smallest absolute Gasteiger partial charge is 0.160 e. The predicted octanol–water partition coefficient (Wildman–Crippen LogP) is 3.10. The lowest BCUT2D eigenvalue weighted by atomic mass is 10.2. The minimum Gasteiger partial charge on any atom is -0.294 e. The van der Waals surface area contributed by atoms with Crippen molar-refractivity contribution < 1.29 is 4.79 Å². The summed E-state index contributed by atoms with van der Waals surface area (Å²) in [6.45, 7) is 1.59. The molecule has 0 amide bonds. The number of hydrogen-bond donors (Lipinski definition) is 0. The van der Waals surface area contributed by atoms with E-state index in [9.17, 15) is 4.79 Å². The Morgan fingerprint density at radius 3 is 2.45 bits per heavy atom. The fourth-order valence-corrected chi connectivity index (χ4v) is 2.01. The number of Topliss-reactive ketones (excluding diaryl/α,β-unsaturated/α-hetero) is 1. The number of rotatable bonds is 1. The molecule has 0 N–H and O–H groups in total. The summed E-state index contributed by atoms with van der Waals surface area (Å²) in [4.78, 5) is 11.0. The summed E-state index contributed by atoms with van der Waals surface area (Å²) in [5.41, 5.74) is 0.817. The third-order valence-corrected chi connectivity index (χ3v) is 4.42. The van der Waals surface area contributed by atoms with Gasteiger partial charge in [0.2, 0.25) is 0 Å². The van der Waals surface area contributed by atoms with E-state index in [0.29, 0.717) is 0 Å². The maximum absolute atomic E-state index is 11.0. The van der Waals surface area contributed by atoms with E-state index in [4.69, 9.17) is 0 Å². The highest BCUT2D eigenvalue weighted by atomic mass is 127. The molecular formula is C8H6I2O. The molecule has 1 aromatic carbocycles. The van der Waals surface area contributed by atoms with Crippen LogP contribution in [0.5, 0.6) is 0 Å². The zero-order chi connectivity index (χ0) is 8.43. The van der Waals surface area contributed by atoms with Gasteiger partial charge in [-0.15, -0.1) is 0 Å². The second-order valence-electron chi connectivity index (χ2n) is 2.16. The number of halogens is 2. The maximum atomic E-state index is 11.0. The van der Waals surface area contributed by atoms with E-state index in [1.54, 1.807) is 6.92 Å². The van der Waals surface area contributed by atoms with Gasteiger partial charge in [-0.3, -0.25) is 4.79 Å². The van der Waals surface area contributed by atoms with Gasteiger partial charge in [0.15, 0.2) is 5.78 Å². The molecule has 0 saturated carbocycles. The molecule has 0 fully saturated rings. The van der Waals surface area contributed by atoms with E-state index in [2.05, 4.69) is 45.2 Å². The van der Waals surface area contributed by atoms with Crippen LogP contribution < -0.4 is 0 Å². The van der Waals surface area contributed by atoms with E-state index in [1.807, 2.05) is 18.2 Å². The van der Waals surface area contributed by atoms with Crippen molar-refractivity contribution in [3.05, 3.63) is 30.9 Å². The Morgan fingerprint density at radius 2 is 2.00 bits per heavy atom. The van der Waals surface area contributed by atoms with E-state index in [1.165, 1.54) is 0 Å². The van der Waals surface area contributed by atoms with Gasteiger partial charge in [0.1, 0.15) is 0 Å². The number of carbonyl (C=O) groups excluding carboxylic acids is 1. The largest absolute Gasteiger partial charge is 0.294 e. The van der Waals surface area contributed by atoms with Crippen LogP contribution in [0.1, 0.15) is 17.3 Å². The van der Waals surface area contributed by atoms with Gasteiger partial charge >= 0.3 is 0 Å². The fourth-order valence-electron chi connectivity index (χ4n) is 0.776. The van der Waals surface area contributed by atoms with E-state index < -0.39 is 0 Å². The van der Waals surface area contributed by atoms with Crippen molar-refractivity contribution in [2.45, 2.75) is 6.92 Å². The molecule has 0 spiro atoms. The molecule has 3 heteroatoms. The molecule has 0 aliphatic rings. The van der Waals surface area contributed by atoms with Crippen LogP contribution in [0.2, 0.25) is 0 Å². The van der Waals surface area contributed by atoms with E-state index in [0.717, 1.165) is 12.7 Å². The van der Waals surface area contributed by atoms with Gasteiger partial charge in [-0.2, -0.15) is 0 Å². The van der Waals surface area contributed by atoms with Crippen molar-refractivity contribution in [3.63, 3.8) is 0 Å². The maximum Gasteiger partial charge on any atom is 0.160 e. The van der Waals surface area contributed by atoms with Crippen molar-refractivity contribution in [1.82, 2.24) is 0 Å². The third-order valence-electron chi connectivity index (χ3n) is 1.33. The average Bonchev–Trinajstić information content (AvgIpc) is 1.94. The van der Waals surface area contributed by atoms with Crippen molar-refractivity contribution in [2.24, 2.45) is 0 Å². The molecule has 1 nitrogen and oxygen atoms in total. The van der Waals surface area contributed by atoms with Gasteiger partial charge in [0.05, 0.1) is 0 Å². The quantitative estimate of drug-likeness (QED) is 0.547. The van der Waals surface area contributed by atoms with Gasteiger partial charge in [-0.05, 0) is 58.2 Å². The highest BCUT2D eigenvalue weighted by Crippen LogP contribution is 2.19. The van der Waals surface area contributed by atoms with Crippen molar-refractivity contribution in [1.29, 1.82) is 0 Å². The summed E-state index contributed by atoms with van der Waals surface area (Å²) < 4.78 is 2.19. The molecule has 0 bridgehead atoms. The topological polar surface area (TPSA) is 17.1 Å². The van der Waals surface area contributed by atoms with E-state index in [-0.39, 0.29) is 5.78 Å². The Balaban J connectivity index is 3.27. The first kappa shape index (κ1) is 9.44. The van der Waals surface area contributed by atoms with Gasteiger partial charge in [0.25, 0.3) is 0 Å². The molecule has 0 aromatic heterocycles. The van der Waals surface area contributed by atoms with Gasteiger partial charge in [-0.1, -0.05) is 12.1 Å². The molecule has 0 unspecified atom stereocenters.